The summed E-state index contributed by atoms with van der Waals surface area (Å²) in [4.78, 5) is 0. The Morgan fingerprint density at radius 1 is 1.00 bits per heavy atom. The summed E-state index contributed by atoms with van der Waals surface area (Å²) in [7, 11) is 0. The predicted molar refractivity (Wildman–Crippen MR) is 60.1 cm³/mol. The Balaban J connectivity index is 1.93. The van der Waals surface area contributed by atoms with Crippen molar-refractivity contribution in [2.45, 2.75) is 38.5 Å². The average Bonchev–Trinajstić information content (AvgIpc) is 2.23. The van der Waals surface area contributed by atoms with Gasteiger partial charge in [0.2, 0.25) is 0 Å². The Kier molecular flexibility index (Phi) is 2.19. The molecule has 4 saturated carbocycles. The minimum Gasteiger partial charge on any atom is -0.411 e. The zero-order valence-electron chi connectivity index (χ0n) is 9.34. The van der Waals surface area contributed by atoms with Gasteiger partial charge in [0, 0.05) is 5.41 Å². The lowest BCUT2D eigenvalue weighted by Crippen LogP contribution is -2.50. The molecule has 0 aromatic heterocycles. The van der Waals surface area contributed by atoms with E-state index in [1.807, 2.05) is 0 Å². The maximum absolute atomic E-state index is 9.10. The molecule has 0 aromatic rings. The Bertz CT molecular complexity index is 314. The smallest absolute Gasteiger partial charge is 0.107 e. The summed E-state index contributed by atoms with van der Waals surface area (Å²) in [5.41, 5.74) is 0.601. The zero-order valence-corrected chi connectivity index (χ0v) is 9.34. The van der Waals surface area contributed by atoms with Crippen LogP contribution in [0, 0.1) is 23.2 Å². The number of oxime groups is 2. The second-order valence-corrected chi connectivity index (χ2v) is 5.93. The van der Waals surface area contributed by atoms with Crippen LogP contribution < -0.4 is 0 Å². The highest BCUT2D eigenvalue weighted by Crippen LogP contribution is 2.60. The first-order chi connectivity index (χ1) is 7.75. The van der Waals surface area contributed by atoms with Crippen LogP contribution in [0.5, 0.6) is 0 Å². The van der Waals surface area contributed by atoms with Crippen molar-refractivity contribution in [1.29, 1.82) is 0 Å². The van der Waals surface area contributed by atoms with Gasteiger partial charge in [-0.3, -0.25) is 0 Å². The lowest BCUT2D eigenvalue weighted by molar-refractivity contribution is -0.0124. The van der Waals surface area contributed by atoms with Gasteiger partial charge in [0.1, 0.15) is 5.71 Å². The van der Waals surface area contributed by atoms with Crippen molar-refractivity contribution >= 4 is 11.9 Å². The van der Waals surface area contributed by atoms with E-state index in [4.69, 9.17) is 10.4 Å². The largest absolute Gasteiger partial charge is 0.411 e. The third kappa shape index (κ3) is 1.35. The van der Waals surface area contributed by atoms with Crippen molar-refractivity contribution in [2.24, 2.45) is 33.5 Å². The van der Waals surface area contributed by atoms with Crippen molar-refractivity contribution < 1.29 is 10.4 Å². The number of rotatable bonds is 2. The van der Waals surface area contributed by atoms with Crippen molar-refractivity contribution in [1.82, 2.24) is 0 Å². The molecule has 0 amide bonds. The van der Waals surface area contributed by atoms with Crippen LogP contribution in [0.3, 0.4) is 0 Å². The lowest BCUT2D eigenvalue weighted by Gasteiger charge is -2.56. The molecular weight excluding hydrogens is 204 g/mol. The Labute approximate surface area is 95.0 Å². The number of hydrogen-bond acceptors (Lipinski definition) is 4. The van der Waals surface area contributed by atoms with Crippen LogP contribution in [-0.2, 0) is 0 Å². The summed E-state index contributed by atoms with van der Waals surface area (Å²) in [6.45, 7) is 0. The molecule has 2 N–H and O–H groups in total. The normalized spacial score (nSPS) is 46.8. The molecule has 4 nitrogen and oxygen atoms in total. The van der Waals surface area contributed by atoms with Gasteiger partial charge < -0.3 is 10.4 Å². The van der Waals surface area contributed by atoms with Crippen LogP contribution in [0.1, 0.15) is 38.5 Å². The van der Waals surface area contributed by atoms with Crippen LogP contribution >= 0.6 is 0 Å². The van der Waals surface area contributed by atoms with Gasteiger partial charge in [-0.25, -0.2) is 0 Å². The molecule has 0 aliphatic heterocycles. The number of nitrogens with zero attached hydrogens (tertiary/aromatic N) is 2. The summed E-state index contributed by atoms with van der Waals surface area (Å²) in [5, 5.41) is 24.2. The third-order valence-corrected chi connectivity index (χ3v) is 4.87. The molecule has 0 atom stereocenters. The van der Waals surface area contributed by atoms with Gasteiger partial charge in [0.25, 0.3) is 0 Å². The molecule has 4 bridgehead atoms. The summed E-state index contributed by atoms with van der Waals surface area (Å²) < 4.78 is 0. The molecule has 0 radical (unpaired) electrons. The third-order valence-electron chi connectivity index (χ3n) is 4.87. The molecule has 4 rings (SSSR count). The van der Waals surface area contributed by atoms with Crippen LogP contribution in [0.25, 0.3) is 0 Å². The Hall–Kier alpha value is -1.06. The van der Waals surface area contributed by atoms with Gasteiger partial charge in [-0.05, 0) is 56.3 Å². The highest BCUT2D eigenvalue weighted by atomic mass is 16.4. The molecule has 88 valence electrons. The molecule has 0 spiro atoms. The second-order valence-electron chi connectivity index (χ2n) is 5.93. The van der Waals surface area contributed by atoms with Crippen LogP contribution in [0.4, 0.5) is 0 Å². The zero-order chi connectivity index (χ0) is 11.2. The van der Waals surface area contributed by atoms with Crippen molar-refractivity contribution in [3.63, 3.8) is 0 Å². The van der Waals surface area contributed by atoms with E-state index in [9.17, 15) is 0 Å². The van der Waals surface area contributed by atoms with Crippen molar-refractivity contribution in [2.75, 3.05) is 0 Å². The monoisotopic (exact) mass is 222 g/mol. The molecule has 0 heterocycles. The van der Waals surface area contributed by atoms with E-state index in [0.29, 0.717) is 5.71 Å². The minimum atomic E-state index is 0.00965. The van der Waals surface area contributed by atoms with E-state index in [1.54, 1.807) is 0 Å². The van der Waals surface area contributed by atoms with E-state index in [-0.39, 0.29) is 5.41 Å². The minimum absolute atomic E-state index is 0.00965. The Morgan fingerprint density at radius 2 is 1.50 bits per heavy atom. The standard InChI is InChI=1S/C12H18N2O2/c15-13-7-11(14-16)12-4-8-1-9(5-12)3-10(2-8)6-12/h7-10,15-16H,1-6H2/b13-7-,14-11+. The fourth-order valence-electron chi connectivity index (χ4n) is 4.75. The fourth-order valence-corrected chi connectivity index (χ4v) is 4.75. The molecule has 0 unspecified atom stereocenters. The average molecular weight is 222 g/mol. The fraction of sp³-hybridized carbons (Fsp3) is 0.833. The lowest BCUT2D eigenvalue weighted by atomic mass is 9.48. The first-order valence-electron chi connectivity index (χ1n) is 6.16. The van der Waals surface area contributed by atoms with Crippen LogP contribution in [0.15, 0.2) is 10.3 Å². The molecule has 4 aliphatic rings. The quantitative estimate of drug-likeness (QED) is 0.428. The SMILES string of the molecule is O/N=C\C(=N/O)C12CC3CC(CC(C3)C1)C2. The van der Waals surface area contributed by atoms with Crippen molar-refractivity contribution in [3.05, 3.63) is 0 Å². The molecule has 4 fully saturated rings. The summed E-state index contributed by atoms with van der Waals surface area (Å²) in [6, 6.07) is 0. The van der Waals surface area contributed by atoms with E-state index in [0.717, 1.165) is 37.0 Å². The maximum atomic E-state index is 9.10. The summed E-state index contributed by atoms with van der Waals surface area (Å²) in [5.74, 6) is 2.40. The Morgan fingerprint density at radius 3 is 1.88 bits per heavy atom. The van der Waals surface area contributed by atoms with Crippen LogP contribution in [0.2, 0.25) is 0 Å². The predicted octanol–water partition coefficient (Wildman–Crippen LogP) is 2.49. The van der Waals surface area contributed by atoms with Gasteiger partial charge in [0.15, 0.2) is 0 Å². The molecular formula is C12H18N2O2. The van der Waals surface area contributed by atoms with E-state index in [2.05, 4.69) is 10.3 Å². The highest BCUT2D eigenvalue weighted by molar-refractivity contribution is 6.32. The van der Waals surface area contributed by atoms with Gasteiger partial charge in [0.05, 0.1) is 6.21 Å². The molecule has 4 aliphatic carbocycles. The summed E-state index contributed by atoms with van der Waals surface area (Å²) in [6.07, 6.45) is 8.74. The van der Waals surface area contributed by atoms with Crippen molar-refractivity contribution in [3.8, 4) is 0 Å². The molecule has 0 saturated heterocycles. The second kappa shape index (κ2) is 3.47. The van der Waals surface area contributed by atoms with Crippen LogP contribution in [-0.4, -0.2) is 22.3 Å². The van der Waals surface area contributed by atoms with Gasteiger partial charge in [-0.15, -0.1) is 0 Å². The van der Waals surface area contributed by atoms with Gasteiger partial charge in [-0.2, -0.15) is 0 Å². The van der Waals surface area contributed by atoms with Gasteiger partial charge >= 0.3 is 0 Å². The summed E-state index contributed by atoms with van der Waals surface area (Å²) >= 11 is 0. The topological polar surface area (TPSA) is 65.2 Å². The van der Waals surface area contributed by atoms with E-state index < -0.39 is 0 Å². The first kappa shape index (κ1) is 10.1. The van der Waals surface area contributed by atoms with Gasteiger partial charge in [-0.1, -0.05) is 10.3 Å². The first-order valence-corrected chi connectivity index (χ1v) is 6.16. The van der Waals surface area contributed by atoms with E-state index in [1.165, 1.54) is 25.5 Å². The maximum Gasteiger partial charge on any atom is 0.107 e. The van der Waals surface area contributed by atoms with E-state index >= 15 is 0 Å². The number of hydrogen-bond donors (Lipinski definition) is 2. The molecule has 4 heteroatoms. The molecule has 0 aromatic carbocycles. The highest BCUT2D eigenvalue weighted by Gasteiger charge is 2.53. The molecule has 16 heavy (non-hydrogen) atoms.